The molecule has 0 atom stereocenters. The molecule has 0 aliphatic heterocycles. The van der Waals surface area contributed by atoms with E-state index in [-0.39, 0.29) is 30.0 Å². The molecule has 2 heterocycles. The number of nitrogens with one attached hydrogen (secondary N) is 1. The summed E-state index contributed by atoms with van der Waals surface area (Å²) in [5, 5.41) is 2.78. The van der Waals surface area contributed by atoms with Gasteiger partial charge in [-0.25, -0.2) is 14.2 Å². The van der Waals surface area contributed by atoms with Gasteiger partial charge in [0.1, 0.15) is 12.4 Å². The van der Waals surface area contributed by atoms with Crippen LogP contribution in [0.25, 0.3) is 11.0 Å². The van der Waals surface area contributed by atoms with E-state index in [4.69, 9.17) is 0 Å². The second-order valence-electron chi connectivity index (χ2n) is 7.02. The number of benzene rings is 2. The van der Waals surface area contributed by atoms with Gasteiger partial charge in [-0.3, -0.25) is 18.7 Å². The molecular weight excluding hydrogens is 399 g/mol. The van der Waals surface area contributed by atoms with Gasteiger partial charge >= 0.3 is 5.69 Å². The van der Waals surface area contributed by atoms with Crippen LogP contribution in [-0.2, 0) is 24.4 Å². The lowest BCUT2D eigenvalue weighted by Crippen LogP contribution is -2.43. The lowest BCUT2D eigenvalue weighted by atomic mass is 10.2. The number of carbonyl (C=O) groups excluding carboxylic acids is 1. The summed E-state index contributed by atoms with van der Waals surface area (Å²) in [5.74, 6) is -0.785. The van der Waals surface area contributed by atoms with Crippen molar-refractivity contribution in [2.24, 2.45) is 0 Å². The minimum Gasteiger partial charge on any atom is -0.350 e. The smallest absolute Gasteiger partial charge is 0.332 e. The number of carbonyl (C=O) groups is 1. The fourth-order valence-electron chi connectivity index (χ4n) is 3.30. The van der Waals surface area contributed by atoms with E-state index in [1.54, 1.807) is 12.1 Å². The van der Waals surface area contributed by atoms with Gasteiger partial charge in [0, 0.05) is 12.7 Å². The average Bonchev–Trinajstić information content (AvgIpc) is 2.80. The maximum absolute atomic E-state index is 13.2. The van der Waals surface area contributed by atoms with Crippen molar-refractivity contribution >= 4 is 16.9 Å². The summed E-state index contributed by atoms with van der Waals surface area (Å²) in [7, 11) is 0. The highest BCUT2D eigenvalue weighted by Gasteiger charge is 2.16. The Morgan fingerprint density at radius 3 is 2.39 bits per heavy atom. The van der Waals surface area contributed by atoms with Crippen LogP contribution in [0.1, 0.15) is 11.1 Å². The lowest BCUT2D eigenvalue weighted by molar-refractivity contribution is -0.121. The van der Waals surface area contributed by atoms with Crippen LogP contribution in [-0.4, -0.2) is 20.0 Å². The number of hydrogen-bond acceptors (Lipinski definition) is 4. The third-order valence-corrected chi connectivity index (χ3v) is 4.87. The fourth-order valence-corrected chi connectivity index (χ4v) is 3.30. The van der Waals surface area contributed by atoms with Gasteiger partial charge in [0.15, 0.2) is 5.52 Å². The molecule has 8 heteroatoms. The molecule has 1 amide bonds. The highest BCUT2D eigenvalue weighted by molar-refractivity contribution is 5.79. The molecule has 7 nitrogen and oxygen atoms in total. The summed E-state index contributed by atoms with van der Waals surface area (Å²) in [6.45, 7) is -0.00647. The van der Waals surface area contributed by atoms with E-state index >= 15 is 0 Å². The molecule has 0 spiro atoms. The zero-order chi connectivity index (χ0) is 21.8. The zero-order valence-electron chi connectivity index (χ0n) is 16.5. The van der Waals surface area contributed by atoms with Crippen LogP contribution >= 0.6 is 0 Å². The maximum Gasteiger partial charge on any atom is 0.332 e. The number of amides is 1. The van der Waals surface area contributed by atoms with E-state index in [0.717, 1.165) is 10.1 Å². The molecule has 4 rings (SSSR count). The predicted octanol–water partition coefficient (Wildman–Crippen LogP) is 2.06. The molecule has 0 saturated carbocycles. The third kappa shape index (κ3) is 4.42. The Morgan fingerprint density at radius 2 is 1.65 bits per heavy atom. The first-order chi connectivity index (χ1) is 15.0. The largest absolute Gasteiger partial charge is 0.350 e. The van der Waals surface area contributed by atoms with Gasteiger partial charge in [-0.1, -0.05) is 42.5 Å². The van der Waals surface area contributed by atoms with Crippen molar-refractivity contribution < 1.29 is 9.18 Å². The van der Waals surface area contributed by atoms with Crippen LogP contribution in [0.4, 0.5) is 4.39 Å². The van der Waals surface area contributed by atoms with Crippen molar-refractivity contribution in [3.05, 3.63) is 111 Å². The van der Waals surface area contributed by atoms with Gasteiger partial charge in [-0.05, 0) is 35.4 Å². The number of rotatable bonds is 6. The van der Waals surface area contributed by atoms with Gasteiger partial charge in [0.25, 0.3) is 5.56 Å². The molecule has 31 heavy (non-hydrogen) atoms. The molecular formula is C23H19FN4O3. The maximum atomic E-state index is 13.2. The Bertz CT molecular complexity index is 1350. The van der Waals surface area contributed by atoms with Crippen LogP contribution < -0.4 is 16.6 Å². The first-order valence-corrected chi connectivity index (χ1v) is 9.66. The molecule has 156 valence electrons. The van der Waals surface area contributed by atoms with Crippen molar-refractivity contribution in [1.82, 2.24) is 19.4 Å². The summed E-state index contributed by atoms with van der Waals surface area (Å²) in [6.07, 6.45) is 1.45. The van der Waals surface area contributed by atoms with E-state index in [0.29, 0.717) is 12.1 Å². The molecule has 4 aromatic rings. The van der Waals surface area contributed by atoms with Gasteiger partial charge in [0.2, 0.25) is 5.91 Å². The number of halogens is 1. The molecule has 0 aliphatic carbocycles. The van der Waals surface area contributed by atoms with Crippen LogP contribution in [0.2, 0.25) is 0 Å². The number of hydrogen-bond donors (Lipinski definition) is 1. The predicted molar refractivity (Wildman–Crippen MR) is 114 cm³/mol. The highest BCUT2D eigenvalue weighted by Crippen LogP contribution is 2.07. The SMILES string of the molecule is O=C(Cn1c(=O)n(Cc2ccc(F)cc2)c(=O)c2ncccc21)NCc1ccccc1. The van der Waals surface area contributed by atoms with E-state index in [1.807, 2.05) is 30.3 Å². The van der Waals surface area contributed by atoms with Crippen molar-refractivity contribution in [2.45, 2.75) is 19.6 Å². The molecule has 0 aliphatic rings. The standard InChI is InChI=1S/C23H19FN4O3/c24-18-10-8-17(9-11-18)14-28-22(30)21-19(7-4-12-25-21)27(23(28)31)15-20(29)26-13-16-5-2-1-3-6-16/h1-12H,13-15H2,(H,26,29). The zero-order valence-corrected chi connectivity index (χ0v) is 16.5. The Labute approximate surface area is 176 Å². The summed E-state index contributed by atoms with van der Waals surface area (Å²) < 4.78 is 15.4. The summed E-state index contributed by atoms with van der Waals surface area (Å²) in [4.78, 5) is 42.7. The van der Waals surface area contributed by atoms with Crippen molar-refractivity contribution in [3.63, 3.8) is 0 Å². The Hall–Kier alpha value is -4.07. The Balaban J connectivity index is 1.68. The molecule has 2 aromatic heterocycles. The van der Waals surface area contributed by atoms with E-state index in [2.05, 4.69) is 10.3 Å². The second-order valence-corrected chi connectivity index (χ2v) is 7.02. The normalized spacial score (nSPS) is 10.9. The Morgan fingerprint density at radius 1 is 0.903 bits per heavy atom. The molecule has 2 aromatic carbocycles. The quantitative estimate of drug-likeness (QED) is 0.519. The van der Waals surface area contributed by atoms with E-state index in [1.165, 1.54) is 35.0 Å². The van der Waals surface area contributed by atoms with E-state index < -0.39 is 17.1 Å². The topological polar surface area (TPSA) is 86.0 Å². The monoisotopic (exact) mass is 418 g/mol. The first-order valence-electron chi connectivity index (χ1n) is 9.66. The average molecular weight is 418 g/mol. The summed E-state index contributed by atoms with van der Waals surface area (Å²) >= 11 is 0. The molecule has 0 saturated heterocycles. The third-order valence-electron chi connectivity index (χ3n) is 4.87. The van der Waals surface area contributed by atoms with Crippen molar-refractivity contribution in [1.29, 1.82) is 0 Å². The van der Waals surface area contributed by atoms with Gasteiger partial charge in [-0.2, -0.15) is 0 Å². The second kappa shape index (κ2) is 8.74. The minimum atomic E-state index is -0.635. The molecule has 1 N–H and O–H groups in total. The highest BCUT2D eigenvalue weighted by atomic mass is 19.1. The van der Waals surface area contributed by atoms with Crippen LogP contribution in [0.3, 0.4) is 0 Å². The molecule has 0 unspecified atom stereocenters. The lowest BCUT2D eigenvalue weighted by Gasteiger charge is -2.14. The Kier molecular flexibility index (Phi) is 5.70. The number of fused-ring (bicyclic) bond motifs is 1. The van der Waals surface area contributed by atoms with Gasteiger partial charge in [-0.15, -0.1) is 0 Å². The minimum absolute atomic E-state index is 0.0594. The summed E-state index contributed by atoms with van der Waals surface area (Å²) in [5.41, 5.74) is 0.672. The summed E-state index contributed by atoms with van der Waals surface area (Å²) in [6, 6.07) is 18.1. The fraction of sp³-hybridized carbons (Fsp3) is 0.130. The van der Waals surface area contributed by atoms with E-state index in [9.17, 15) is 18.8 Å². The number of nitrogens with zero attached hydrogens (tertiary/aromatic N) is 3. The van der Waals surface area contributed by atoms with Crippen molar-refractivity contribution in [3.8, 4) is 0 Å². The van der Waals surface area contributed by atoms with Gasteiger partial charge < -0.3 is 5.32 Å². The van der Waals surface area contributed by atoms with Crippen molar-refractivity contribution in [2.75, 3.05) is 0 Å². The van der Waals surface area contributed by atoms with Crippen LogP contribution in [0, 0.1) is 5.82 Å². The molecule has 0 fully saturated rings. The van der Waals surface area contributed by atoms with Crippen LogP contribution in [0.5, 0.6) is 0 Å². The molecule has 0 bridgehead atoms. The number of pyridine rings is 1. The van der Waals surface area contributed by atoms with Gasteiger partial charge in [0.05, 0.1) is 12.1 Å². The number of aromatic nitrogens is 3. The van der Waals surface area contributed by atoms with Crippen LogP contribution in [0.15, 0.2) is 82.5 Å². The molecule has 0 radical (unpaired) electrons. The first kappa shape index (κ1) is 20.2.